The minimum atomic E-state index is -0.607. The summed E-state index contributed by atoms with van der Waals surface area (Å²) < 4.78 is 13.2. The van der Waals surface area contributed by atoms with Gasteiger partial charge in [0.25, 0.3) is 17.5 Å². The van der Waals surface area contributed by atoms with Crippen LogP contribution < -0.4 is 16.0 Å². The molecular weight excluding hydrogens is 642 g/mol. The number of aromatic nitrogens is 1. The molecule has 5 aromatic rings. The molecule has 0 radical (unpaired) electrons. The lowest BCUT2D eigenvalue weighted by molar-refractivity contribution is -0.384. The average molecular weight is 668 g/mol. The highest BCUT2D eigenvalue weighted by atomic mass is 32.2. The number of rotatable bonds is 11. The highest BCUT2D eigenvalue weighted by Gasteiger charge is 2.18. The van der Waals surface area contributed by atoms with Gasteiger partial charge in [-0.25, -0.2) is 9.37 Å². The number of nitrogens with zero attached hydrogens (tertiary/aromatic N) is 2. The molecule has 0 bridgehead atoms. The van der Waals surface area contributed by atoms with Crippen molar-refractivity contribution in [1.29, 1.82) is 0 Å². The maximum absolute atomic E-state index is 13.3. The van der Waals surface area contributed by atoms with Gasteiger partial charge in [0.05, 0.1) is 15.9 Å². The number of amides is 3. The summed E-state index contributed by atoms with van der Waals surface area (Å²) in [4.78, 5) is 54.7. The van der Waals surface area contributed by atoms with Crippen molar-refractivity contribution in [3.05, 3.63) is 141 Å². The van der Waals surface area contributed by atoms with Crippen LogP contribution in [0.4, 0.5) is 20.9 Å². The van der Waals surface area contributed by atoms with E-state index >= 15 is 0 Å². The molecule has 3 amide bonds. The summed E-state index contributed by atoms with van der Waals surface area (Å²) in [6.45, 7) is 1.76. The Balaban J connectivity index is 1.22. The van der Waals surface area contributed by atoms with Crippen molar-refractivity contribution < 1.29 is 23.7 Å². The zero-order chi connectivity index (χ0) is 33.3. The monoisotopic (exact) mass is 667 g/mol. The normalized spacial score (nSPS) is 11.7. The van der Waals surface area contributed by atoms with Crippen LogP contribution in [0.15, 0.2) is 119 Å². The number of carbonyl (C=O) groups is 3. The van der Waals surface area contributed by atoms with Gasteiger partial charge >= 0.3 is 0 Å². The molecule has 0 spiro atoms. The third-order valence-electron chi connectivity index (χ3n) is 6.61. The molecule has 1 aromatic heterocycles. The summed E-state index contributed by atoms with van der Waals surface area (Å²) in [7, 11) is 0. The molecule has 0 aliphatic heterocycles. The van der Waals surface area contributed by atoms with Gasteiger partial charge in [-0.05, 0) is 91.4 Å². The van der Waals surface area contributed by atoms with Crippen molar-refractivity contribution in [2.75, 3.05) is 10.6 Å². The van der Waals surface area contributed by atoms with E-state index in [1.807, 2.05) is 0 Å². The molecule has 1 unspecified atom stereocenters. The van der Waals surface area contributed by atoms with E-state index in [9.17, 15) is 28.9 Å². The van der Waals surface area contributed by atoms with Gasteiger partial charge in [-0.2, -0.15) is 0 Å². The van der Waals surface area contributed by atoms with Crippen LogP contribution in [0.1, 0.15) is 22.8 Å². The van der Waals surface area contributed by atoms with Gasteiger partial charge < -0.3 is 16.0 Å². The number of benzene rings is 4. The number of halogens is 1. The molecule has 4 aromatic carbocycles. The van der Waals surface area contributed by atoms with Crippen LogP contribution in [0.3, 0.4) is 0 Å². The van der Waals surface area contributed by atoms with Crippen molar-refractivity contribution in [2.45, 2.75) is 17.1 Å². The second kappa shape index (κ2) is 15.1. The summed E-state index contributed by atoms with van der Waals surface area (Å²) in [5.41, 5.74) is 2.46. The summed E-state index contributed by atoms with van der Waals surface area (Å²) in [6.07, 6.45) is 1.43. The van der Waals surface area contributed by atoms with Gasteiger partial charge in [0, 0.05) is 39.2 Å². The van der Waals surface area contributed by atoms with Gasteiger partial charge in [0.15, 0.2) is 5.13 Å². The van der Waals surface area contributed by atoms with Gasteiger partial charge in [-0.1, -0.05) is 18.2 Å². The number of non-ortho nitro benzene ring substituents is 1. The van der Waals surface area contributed by atoms with Crippen molar-refractivity contribution >= 4 is 63.4 Å². The fourth-order valence-corrected chi connectivity index (χ4v) is 5.76. The number of hydrogen-bond acceptors (Lipinski definition) is 8. The van der Waals surface area contributed by atoms with Crippen LogP contribution in [0.25, 0.3) is 17.3 Å². The molecule has 13 heteroatoms. The number of nitro groups is 1. The molecule has 10 nitrogen and oxygen atoms in total. The third-order valence-corrected chi connectivity index (χ3v) is 8.48. The molecular formula is C34H26FN5O5S2. The lowest BCUT2D eigenvalue weighted by atomic mass is 10.1. The second-order valence-corrected chi connectivity index (χ2v) is 12.3. The SMILES string of the molecule is CC(Sc1ccc(NC(=O)/C(=C/c2ccc([N+](=O)[O-])cc2)NC(=O)c2ccccc2)cc1)C(=O)Nc1nc(-c2ccc(F)cc2)cs1. The van der Waals surface area contributed by atoms with Gasteiger partial charge in [-0.3, -0.25) is 24.5 Å². The molecule has 3 N–H and O–H groups in total. The van der Waals surface area contributed by atoms with Crippen LogP contribution in [0, 0.1) is 15.9 Å². The van der Waals surface area contributed by atoms with E-state index in [2.05, 4.69) is 20.9 Å². The predicted octanol–water partition coefficient (Wildman–Crippen LogP) is 7.39. The number of thiazole rings is 1. The van der Waals surface area contributed by atoms with Crippen molar-refractivity contribution in [2.24, 2.45) is 0 Å². The third kappa shape index (κ3) is 8.96. The molecule has 0 saturated carbocycles. The van der Waals surface area contributed by atoms with Crippen molar-refractivity contribution in [1.82, 2.24) is 10.3 Å². The first-order valence-corrected chi connectivity index (χ1v) is 15.8. The lowest BCUT2D eigenvalue weighted by Gasteiger charge is -2.13. The highest BCUT2D eigenvalue weighted by Crippen LogP contribution is 2.28. The number of carbonyl (C=O) groups excluding carboxylic acids is 3. The number of nitrogens with one attached hydrogen (secondary N) is 3. The summed E-state index contributed by atoms with van der Waals surface area (Å²) in [6, 6.07) is 26.7. The number of anilines is 2. The first kappa shape index (κ1) is 32.7. The largest absolute Gasteiger partial charge is 0.321 e. The Morgan fingerprint density at radius 2 is 1.60 bits per heavy atom. The zero-order valence-corrected chi connectivity index (χ0v) is 26.3. The molecule has 0 aliphatic rings. The quantitative estimate of drug-likeness (QED) is 0.0577. The van der Waals surface area contributed by atoms with Crippen LogP contribution in [0.2, 0.25) is 0 Å². The predicted molar refractivity (Wildman–Crippen MR) is 182 cm³/mol. The maximum atomic E-state index is 13.3. The van der Waals surface area contributed by atoms with Crippen LogP contribution in [-0.4, -0.2) is 32.9 Å². The maximum Gasteiger partial charge on any atom is 0.272 e. The van der Waals surface area contributed by atoms with Crippen molar-refractivity contribution in [3.63, 3.8) is 0 Å². The van der Waals surface area contributed by atoms with Crippen molar-refractivity contribution in [3.8, 4) is 11.3 Å². The Labute approximate surface area is 276 Å². The van der Waals surface area contributed by atoms with E-state index in [0.29, 0.717) is 27.6 Å². The minimum Gasteiger partial charge on any atom is -0.321 e. The van der Waals surface area contributed by atoms with E-state index in [1.54, 1.807) is 79.0 Å². The average Bonchev–Trinajstić information content (AvgIpc) is 3.54. The van der Waals surface area contributed by atoms with E-state index < -0.39 is 22.0 Å². The first-order chi connectivity index (χ1) is 22.6. The van der Waals surface area contributed by atoms with Crippen LogP contribution in [-0.2, 0) is 9.59 Å². The molecule has 1 atom stereocenters. The standard InChI is InChI=1S/C34H26FN5O5S2/c1-21(31(41)39-34-38-30(20-46-34)23-9-11-25(35)12-10-23)47-28-17-13-26(14-18-28)36-33(43)29(37-32(42)24-5-3-2-4-6-24)19-22-7-15-27(16-8-22)40(44)45/h2-21H,1H3,(H,36,43)(H,37,42)(H,38,39,41)/b29-19-. The Morgan fingerprint density at radius 1 is 0.915 bits per heavy atom. The second-order valence-electron chi connectivity index (χ2n) is 10.00. The number of thioether (sulfide) groups is 1. The first-order valence-electron chi connectivity index (χ1n) is 14.1. The Hall–Kier alpha value is -5.66. The molecule has 1 heterocycles. The number of nitro benzene ring substituents is 1. The molecule has 0 saturated heterocycles. The van der Waals surface area contributed by atoms with Crippen LogP contribution >= 0.6 is 23.1 Å². The summed E-state index contributed by atoms with van der Waals surface area (Å²) in [5.74, 6) is -1.70. The molecule has 0 fully saturated rings. The topological polar surface area (TPSA) is 143 Å². The van der Waals surface area contributed by atoms with Gasteiger partial charge in [0.2, 0.25) is 5.91 Å². The lowest BCUT2D eigenvalue weighted by Crippen LogP contribution is -2.30. The molecule has 236 valence electrons. The van der Waals surface area contributed by atoms with Crippen LogP contribution in [0.5, 0.6) is 0 Å². The van der Waals surface area contributed by atoms with E-state index in [4.69, 9.17) is 0 Å². The fraction of sp³-hybridized carbons (Fsp3) is 0.0588. The number of hydrogen-bond donors (Lipinski definition) is 3. The molecule has 5 rings (SSSR count). The van der Waals surface area contributed by atoms with E-state index in [1.165, 1.54) is 65.6 Å². The summed E-state index contributed by atoms with van der Waals surface area (Å²) >= 11 is 2.59. The fourth-order valence-electron chi connectivity index (χ4n) is 4.17. The summed E-state index contributed by atoms with van der Waals surface area (Å²) in [5, 5.41) is 21.0. The van der Waals surface area contributed by atoms with Gasteiger partial charge in [-0.15, -0.1) is 23.1 Å². The Bertz CT molecular complexity index is 1930. The Kier molecular flexibility index (Phi) is 10.5. The highest BCUT2D eigenvalue weighted by molar-refractivity contribution is 8.00. The molecule has 0 aliphatic carbocycles. The zero-order valence-electron chi connectivity index (χ0n) is 24.7. The van der Waals surface area contributed by atoms with Gasteiger partial charge in [0.1, 0.15) is 11.5 Å². The smallest absolute Gasteiger partial charge is 0.272 e. The molecule has 47 heavy (non-hydrogen) atoms. The van der Waals surface area contributed by atoms with E-state index in [0.717, 1.165) is 10.5 Å². The minimum absolute atomic E-state index is 0.0683. The Morgan fingerprint density at radius 3 is 2.26 bits per heavy atom. The van der Waals surface area contributed by atoms with E-state index in [-0.39, 0.29) is 23.1 Å².